The van der Waals surface area contributed by atoms with Gasteiger partial charge in [0.05, 0.1) is 7.11 Å². The number of hydroxylamine groups is 1. The summed E-state index contributed by atoms with van der Waals surface area (Å²) in [6.07, 6.45) is 4.70. The molecule has 0 saturated heterocycles. The summed E-state index contributed by atoms with van der Waals surface area (Å²) in [7, 11) is 1.69. The van der Waals surface area contributed by atoms with Gasteiger partial charge in [-0.2, -0.15) is 5.48 Å². The Balaban J connectivity index is 4.06. The lowest BCUT2D eigenvalue weighted by atomic mass is 9.89. The van der Waals surface area contributed by atoms with Crippen molar-refractivity contribution >= 4 is 22.6 Å². The summed E-state index contributed by atoms with van der Waals surface area (Å²) in [6.45, 7) is 8.98. The fourth-order valence-corrected chi connectivity index (χ4v) is 1.53. The predicted octanol–water partition coefficient (Wildman–Crippen LogP) is 3.69. The van der Waals surface area contributed by atoms with Crippen LogP contribution in [0.1, 0.15) is 53.4 Å². The Hall–Kier alpha value is 0.650. The minimum Gasteiger partial charge on any atom is -0.305 e. The van der Waals surface area contributed by atoms with Crippen LogP contribution in [0.25, 0.3) is 0 Å². The van der Waals surface area contributed by atoms with Crippen molar-refractivity contribution in [1.82, 2.24) is 5.48 Å². The fraction of sp³-hybridized carbons (Fsp3) is 1.00. The number of halogens is 1. The van der Waals surface area contributed by atoms with Crippen molar-refractivity contribution in [2.45, 2.75) is 62.3 Å². The summed E-state index contributed by atoms with van der Waals surface area (Å²) in [6, 6.07) is 0. The van der Waals surface area contributed by atoms with Crippen LogP contribution in [0.3, 0.4) is 0 Å². The van der Waals surface area contributed by atoms with Crippen LogP contribution in [0, 0.1) is 0 Å². The molecule has 0 amide bonds. The normalized spacial score (nSPS) is 20.1. The Kier molecular flexibility index (Phi) is 6.57. The lowest BCUT2D eigenvalue weighted by Gasteiger charge is -2.31. The lowest BCUT2D eigenvalue weighted by Crippen LogP contribution is -2.42. The van der Waals surface area contributed by atoms with E-state index in [2.05, 4.69) is 55.8 Å². The molecule has 2 nitrogen and oxygen atoms in total. The van der Waals surface area contributed by atoms with Crippen LogP contribution in [0.15, 0.2) is 0 Å². The molecule has 86 valence electrons. The number of alkyl halides is 1. The maximum Gasteiger partial charge on any atom is 0.0572 e. The minimum absolute atomic E-state index is 0.121. The Morgan fingerprint density at radius 3 is 2.07 bits per heavy atom. The van der Waals surface area contributed by atoms with E-state index in [1.54, 1.807) is 7.11 Å². The molecule has 0 aliphatic heterocycles. The van der Waals surface area contributed by atoms with Gasteiger partial charge in [0.1, 0.15) is 0 Å². The Morgan fingerprint density at radius 1 is 1.14 bits per heavy atom. The van der Waals surface area contributed by atoms with Crippen molar-refractivity contribution in [3.8, 4) is 0 Å². The molecule has 0 aliphatic carbocycles. The highest BCUT2D eigenvalue weighted by molar-refractivity contribution is 14.1. The molecule has 0 radical (unpaired) electrons. The summed E-state index contributed by atoms with van der Waals surface area (Å²) in [5.74, 6) is 0. The van der Waals surface area contributed by atoms with Gasteiger partial charge in [-0.1, -0.05) is 43.4 Å². The van der Waals surface area contributed by atoms with Crippen molar-refractivity contribution in [3.05, 3.63) is 0 Å². The van der Waals surface area contributed by atoms with Crippen molar-refractivity contribution < 1.29 is 4.84 Å². The highest BCUT2D eigenvalue weighted by Crippen LogP contribution is 2.31. The van der Waals surface area contributed by atoms with Crippen LogP contribution in [0.4, 0.5) is 0 Å². The summed E-state index contributed by atoms with van der Waals surface area (Å²) >= 11 is 2.56. The second-order valence-electron chi connectivity index (χ2n) is 4.49. The van der Waals surface area contributed by atoms with E-state index in [4.69, 9.17) is 4.84 Å². The van der Waals surface area contributed by atoms with Crippen molar-refractivity contribution in [2.24, 2.45) is 0 Å². The number of hydrogen-bond acceptors (Lipinski definition) is 2. The molecule has 0 spiro atoms. The van der Waals surface area contributed by atoms with E-state index < -0.39 is 0 Å². The van der Waals surface area contributed by atoms with Gasteiger partial charge < -0.3 is 4.84 Å². The molecule has 0 bridgehead atoms. The maximum atomic E-state index is 5.04. The molecule has 0 aliphatic rings. The first-order valence-electron chi connectivity index (χ1n) is 5.38. The quantitative estimate of drug-likeness (QED) is 0.440. The second-order valence-corrected chi connectivity index (χ2v) is 7.09. The molecule has 3 heteroatoms. The molecule has 0 fully saturated rings. The van der Waals surface area contributed by atoms with E-state index in [9.17, 15) is 0 Å². The minimum atomic E-state index is 0.121. The first-order valence-corrected chi connectivity index (χ1v) is 6.46. The molecule has 0 heterocycles. The topological polar surface area (TPSA) is 21.3 Å². The first-order chi connectivity index (χ1) is 6.39. The number of nitrogens with one attached hydrogen (secondary N) is 1. The zero-order valence-corrected chi connectivity index (χ0v) is 12.3. The van der Waals surface area contributed by atoms with Crippen LogP contribution >= 0.6 is 22.6 Å². The summed E-state index contributed by atoms with van der Waals surface area (Å²) in [4.78, 5) is 5.04. The monoisotopic (exact) mass is 313 g/mol. The van der Waals surface area contributed by atoms with E-state index in [1.807, 2.05) is 0 Å². The van der Waals surface area contributed by atoms with Gasteiger partial charge in [-0.15, -0.1) is 0 Å². The van der Waals surface area contributed by atoms with E-state index in [-0.39, 0.29) is 5.54 Å². The highest BCUT2D eigenvalue weighted by Gasteiger charge is 2.26. The SMILES string of the molecule is CCC(C)(I)CCC(C)(CC)NOC. The summed E-state index contributed by atoms with van der Waals surface area (Å²) < 4.78 is 0.420. The highest BCUT2D eigenvalue weighted by atomic mass is 127. The molecule has 1 N–H and O–H groups in total. The molecule has 0 saturated carbocycles. The molecule has 0 aromatic carbocycles. The van der Waals surface area contributed by atoms with Gasteiger partial charge in [-0.3, -0.25) is 0 Å². The third-order valence-corrected chi connectivity index (χ3v) is 4.37. The third kappa shape index (κ3) is 5.51. The molecule has 0 aromatic heterocycles. The third-order valence-electron chi connectivity index (χ3n) is 3.06. The standard InChI is InChI=1S/C11H24INO/c1-6-10(3,12)8-9-11(4,7-2)13-14-5/h13H,6-9H2,1-5H3. The molecule has 0 aromatic rings. The van der Waals surface area contributed by atoms with Gasteiger partial charge in [0, 0.05) is 8.96 Å². The van der Waals surface area contributed by atoms with Gasteiger partial charge >= 0.3 is 0 Å². The van der Waals surface area contributed by atoms with Gasteiger partial charge in [-0.05, 0) is 32.6 Å². The van der Waals surface area contributed by atoms with Gasteiger partial charge in [0.25, 0.3) is 0 Å². The van der Waals surface area contributed by atoms with Crippen LogP contribution in [-0.2, 0) is 4.84 Å². The number of hydrogen-bond donors (Lipinski definition) is 1. The van der Waals surface area contributed by atoms with E-state index in [1.165, 1.54) is 12.8 Å². The molecular weight excluding hydrogens is 289 g/mol. The molecule has 0 rings (SSSR count). The van der Waals surface area contributed by atoms with Crippen LogP contribution in [0.2, 0.25) is 0 Å². The smallest absolute Gasteiger partial charge is 0.0572 e. The lowest BCUT2D eigenvalue weighted by molar-refractivity contribution is 0.0123. The van der Waals surface area contributed by atoms with Crippen molar-refractivity contribution in [2.75, 3.05) is 7.11 Å². The molecule has 2 unspecified atom stereocenters. The number of rotatable bonds is 7. The van der Waals surface area contributed by atoms with Crippen LogP contribution < -0.4 is 5.48 Å². The Labute approximate surface area is 102 Å². The van der Waals surface area contributed by atoms with Gasteiger partial charge in [0.2, 0.25) is 0 Å². The van der Waals surface area contributed by atoms with Gasteiger partial charge in [-0.25, -0.2) is 0 Å². The zero-order chi connectivity index (χ0) is 11.2. The average molecular weight is 313 g/mol. The van der Waals surface area contributed by atoms with E-state index >= 15 is 0 Å². The van der Waals surface area contributed by atoms with Gasteiger partial charge in [0.15, 0.2) is 0 Å². The Bertz CT molecular complexity index is 161. The predicted molar refractivity (Wildman–Crippen MR) is 70.8 cm³/mol. The first kappa shape index (κ1) is 14.6. The summed E-state index contributed by atoms with van der Waals surface area (Å²) in [5.41, 5.74) is 3.22. The average Bonchev–Trinajstić information content (AvgIpc) is 2.16. The zero-order valence-electron chi connectivity index (χ0n) is 10.1. The largest absolute Gasteiger partial charge is 0.305 e. The second kappa shape index (κ2) is 6.28. The summed E-state index contributed by atoms with van der Waals surface area (Å²) in [5, 5.41) is 0. The van der Waals surface area contributed by atoms with E-state index in [0.29, 0.717) is 3.42 Å². The van der Waals surface area contributed by atoms with E-state index in [0.717, 1.165) is 12.8 Å². The molecular formula is C11H24INO. The van der Waals surface area contributed by atoms with Crippen molar-refractivity contribution in [3.63, 3.8) is 0 Å². The van der Waals surface area contributed by atoms with Crippen molar-refractivity contribution in [1.29, 1.82) is 0 Å². The fourth-order valence-electron chi connectivity index (χ4n) is 1.26. The molecule has 2 atom stereocenters. The maximum absolute atomic E-state index is 5.04. The molecule has 14 heavy (non-hydrogen) atoms. The van der Waals surface area contributed by atoms with Crippen LogP contribution in [0.5, 0.6) is 0 Å². The Morgan fingerprint density at radius 2 is 1.71 bits per heavy atom. The van der Waals surface area contributed by atoms with Crippen LogP contribution in [-0.4, -0.2) is 16.1 Å².